The van der Waals surface area contributed by atoms with Crippen molar-refractivity contribution in [1.29, 1.82) is 0 Å². The van der Waals surface area contributed by atoms with Crippen molar-refractivity contribution in [3.63, 3.8) is 0 Å². The summed E-state index contributed by atoms with van der Waals surface area (Å²) in [6.07, 6.45) is 3.14. The lowest BCUT2D eigenvalue weighted by Crippen LogP contribution is -2.34. The first-order chi connectivity index (χ1) is 15.5. The largest absolute Gasteiger partial charge is 0.370 e. The summed E-state index contributed by atoms with van der Waals surface area (Å²) in [6.45, 7) is 7.82. The number of nitrogens with zero attached hydrogens (tertiary/aromatic N) is 3. The molecule has 7 heteroatoms. The molecular formula is C25H28N4O2S. The van der Waals surface area contributed by atoms with Gasteiger partial charge in [0.2, 0.25) is 11.8 Å². The molecule has 2 aromatic carbocycles. The van der Waals surface area contributed by atoms with E-state index < -0.39 is 0 Å². The van der Waals surface area contributed by atoms with E-state index in [2.05, 4.69) is 47.2 Å². The molecule has 1 aromatic heterocycles. The molecule has 0 atom stereocenters. The van der Waals surface area contributed by atoms with Gasteiger partial charge in [-0.25, -0.2) is 4.98 Å². The van der Waals surface area contributed by atoms with Gasteiger partial charge in [-0.2, -0.15) is 0 Å². The Kier molecular flexibility index (Phi) is 8.16. The summed E-state index contributed by atoms with van der Waals surface area (Å²) < 4.78 is 0. The molecule has 3 rings (SSSR count). The number of amides is 2. The van der Waals surface area contributed by atoms with Crippen LogP contribution in [0.3, 0.4) is 0 Å². The van der Waals surface area contributed by atoms with E-state index >= 15 is 0 Å². The average Bonchev–Trinajstić information content (AvgIpc) is 3.24. The molecular weight excluding hydrogens is 420 g/mol. The molecule has 2 amide bonds. The zero-order chi connectivity index (χ0) is 22.9. The lowest BCUT2D eigenvalue weighted by molar-refractivity contribution is -0.117. The van der Waals surface area contributed by atoms with E-state index in [0.29, 0.717) is 17.4 Å². The van der Waals surface area contributed by atoms with Crippen molar-refractivity contribution in [2.24, 2.45) is 0 Å². The van der Waals surface area contributed by atoms with Crippen molar-refractivity contribution in [3.8, 4) is 0 Å². The van der Waals surface area contributed by atoms with Gasteiger partial charge in [-0.3, -0.25) is 14.5 Å². The van der Waals surface area contributed by atoms with Crippen molar-refractivity contribution >= 4 is 45.7 Å². The van der Waals surface area contributed by atoms with Gasteiger partial charge in [0.05, 0.1) is 11.4 Å². The number of benzene rings is 2. The fourth-order valence-electron chi connectivity index (χ4n) is 3.29. The van der Waals surface area contributed by atoms with Crippen LogP contribution in [-0.2, 0) is 9.59 Å². The number of carbonyl (C=O) groups is 2. The third kappa shape index (κ3) is 6.28. The van der Waals surface area contributed by atoms with Crippen molar-refractivity contribution in [1.82, 2.24) is 10.3 Å². The van der Waals surface area contributed by atoms with Crippen LogP contribution in [0, 0.1) is 6.92 Å². The Labute approximate surface area is 193 Å². The highest BCUT2D eigenvalue weighted by Gasteiger charge is 2.17. The second-order valence-electron chi connectivity index (χ2n) is 7.29. The Morgan fingerprint density at radius 3 is 2.53 bits per heavy atom. The van der Waals surface area contributed by atoms with Gasteiger partial charge < -0.3 is 10.2 Å². The van der Waals surface area contributed by atoms with Crippen molar-refractivity contribution in [3.05, 3.63) is 77.3 Å². The summed E-state index contributed by atoms with van der Waals surface area (Å²) >= 11 is 1.36. The number of anilines is 3. The summed E-state index contributed by atoms with van der Waals surface area (Å²) in [7, 11) is 0. The predicted octanol–water partition coefficient (Wildman–Crippen LogP) is 4.79. The molecule has 0 saturated heterocycles. The fraction of sp³-hybridized carbons (Fsp3) is 0.240. The molecule has 0 saturated carbocycles. The van der Waals surface area contributed by atoms with E-state index in [9.17, 15) is 9.59 Å². The average molecular weight is 449 g/mol. The third-order valence-electron chi connectivity index (χ3n) is 4.87. The molecule has 166 valence electrons. The van der Waals surface area contributed by atoms with Crippen LogP contribution in [0.5, 0.6) is 0 Å². The number of aryl methyl sites for hydroxylation is 1. The van der Waals surface area contributed by atoms with Crippen LogP contribution in [0.2, 0.25) is 0 Å². The molecule has 0 aliphatic rings. The summed E-state index contributed by atoms with van der Waals surface area (Å²) in [5.74, 6) is -0.292. The smallest absolute Gasteiger partial charge is 0.244 e. The monoisotopic (exact) mass is 448 g/mol. The van der Waals surface area contributed by atoms with Crippen LogP contribution in [0.15, 0.2) is 66.1 Å². The maximum Gasteiger partial charge on any atom is 0.244 e. The molecule has 0 bridgehead atoms. The van der Waals surface area contributed by atoms with Crippen LogP contribution < -0.4 is 15.1 Å². The van der Waals surface area contributed by atoms with Gasteiger partial charge in [0, 0.05) is 43.7 Å². The van der Waals surface area contributed by atoms with Crippen LogP contribution >= 0.6 is 11.3 Å². The van der Waals surface area contributed by atoms with E-state index in [1.54, 1.807) is 11.0 Å². The van der Waals surface area contributed by atoms with Gasteiger partial charge in [-0.1, -0.05) is 30.3 Å². The fourth-order valence-corrected chi connectivity index (χ4v) is 4.14. The summed E-state index contributed by atoms with van der Waals surface area (Å²) in [6, 6.07) is 17.7. The van der Waals surface area contributed by atoms with E-state index in [4.69, 9.17) is 0 Å². The Balaban J connectivity index is 1.56. The van der Waals surface area contributed by atoms with Gasteiger partial charge in [0.25, 0.3) is 0 Å². The van der Waals surface area contributed by atoms with Crippen LogP contribution in [0.1, 0.15) is 25.1 Å². The minimum Gasteiger partial charge on any atom is -0.370 e. The Morgan fingerprint density at radius 1 is 1.09 bits per heavy atom. The Bertz CT molecular complexity index is 1080. The van der Waals surface area contributed by atoms with Crippen LogP contribution in [0.4, 0.5) is 16.5 Å². The van der Waals surface area contributed by atoms with E-state index in [1.165, 1.54) is 29.9 Å². The number of nitrogens with one attached hydrogen (secondary N) is 1. The third-order valence-corrected chi connectivity index (χ3v) is 5.71. The molecule has 0 aliphatic carbocycles. The predicted molar refractivity (Wildman–Crippen MR) is 132 cm³/mol. The van der Waals surface area contributed by atoms with Gasteiger partial charge in [-0.05, 0) is 49.8 Å². The highest BCUT2D eigenvalue weighted by Crippen LogP contribution is 2.29. The number of likely N-dealkylation sites (N-methyl/N-ethyl adjacent to an activating group) is 1. The number of hydrogen-bond donors (Lipinski definition) is 1. The highest BCUT2D eigenvalue weighted by molar-refractivity contribution is 7.14. The van der Waals surface area contributed by atoms with E-state index in [1.807, 2.05) is 41.8 Å². The first-order valence-electron chi connectivity index (χ1n) is 10.6. The number of para-hydroxylation sites is 1. The minimum absolute atomic E-state index is 0.118. The number of carbonyl (C=O) groups excluding carboxylic acids is 2. The quantitative estimate of drug-likeness (QED) is 0.478. The van der Waals surface area contributed by atoms with Crippen LogP contribution in [0.25, 0.3) is 6.08 Å². The lowest BCUT2D eigenvalue weighted by atomic mass is 10.2. The zero-order valence-electron chi connectivity index (χ0n) is 18.6. The van der Waals surface area contributed by atoms with Gasteiger partial charge in [0.1, 0.15) is 0 Å². The number of hydrogen-bond acceptors (Lipinski definition) is 5. The Morgan fingerprint density at radius 2 is 1.84 bits per heavy atom. The molecule has 0 radical (unpaired) electrons. The molecule has 0 aliphatic heterocycles. The van der Waals surface area contributed by atoms with Crippen molar-refractivity contribution < 1.29 is 9.59 Å². The first-order valence-corrected chi connectivity index (χ1v) is 11.4. The molecule has 1 N–H and O–H groups in total. The van der Waals surface area contributed by atoms with Crippen LogP contribution in [-0.4, -0.2) is 36.4 Å². The van der Waals surface area contributed by atoms with Gasteiger partial charge >= 0.3 is 0 Å². The van der Waals surface area contributed by atoms with Crippen molar-refractivity contribution in [2.75, 3.05) is 29.4 Å². The van der Waals surface area contributed by atoms with E-state index in [-0.39, 0.29) is 11.8 Å². The lowest BCUT2D eigenvalue weighted by Gasteiger charge is -2.23. The summed E-state index contributed by atoms with van der Waals surface area (Å²) in [5.41, 5.74) is 3.76. The first kappa shape index (κ1) is 23.2. The van der Waals surface area contributed by atoms with Crippen molar-refractivity contribution in [2.45, 2.75) is 20.8 Å². The molecule has 32 heavy (non-hydrogen) atoms. The second-order valence-corrected chi connectivity index (χ2v) is 8.12. The normalized spacial score (nSPS) is 10.8. The number of rotatable bonds is 9. The molecule has 6 nitrogen and oxygen atoms in total. The minimum atomic E-state index is -0.175. The molecule has 3 aromatic rings. The van der Waals surface area contributed by atoms with E-state index in [0.717, 1.165) is 24.5 Å². The standard InChI is InChI=1S/C25H28N4O2S/c1-4-28(23-12-8-9-19(2)17-23)16-15-26-24(31)14-13-21-18-32-25(27-21)29(20(3)30)22-10-6-5-7-11-22/h5-14,17-18H,4,15-16H2,1-3H3,(H,26,31)/b14-13+. The maximum atomic E-state index is 12.2. The maximum absolute atomic E-state index is 12.2. The number of thiazole rings is 1. The number of aromatic nitrogens is 1. The molecule has 0 unspecified atom stereocenters. The summed E-state index contributed by atoms with van der Waals surface area (Å²) in [4.78, 5) is 32.7. The zero-order valence-corrected chi connectivity index (χ0v) is 19.4. The molecule has 0 fully saturated rings. The summed E-state index contributed by atoms with van der Waals surface area (Å²) in [5, 5.41) is 5.32. The van der Waals surface area contributed by atoms with Gasteiger partial charge in [-0.15, -0.1) is 11.3 Å². The molecule has 1 heterocycles. The van der Waals surface area contributed by atoms with Gasteiger partial charge in [0.15, 0.2) is 5.13 Å². The Hall–Kier alpha value is -3.45. The molecule has 0 spiro atoms. The SMILES string of the molecule is CCN(CCNC(=O)/C=C/c1csc(N(C(C)=O)c2ccccc2)n1)c1cccc(C)c1. The topological polar surface area (TPSA) is 65.5 Å². The highest BCUT2D eigenvalue weighted by atomic mass is 32.1. The second kappa shape index (κ2) is 11.2.